The third kappa shape index (κ3) is 4.61. The van der Waals surface area contributed by atoms with Gasteiger partial charge in [0.15, 0.2) is 17.2 Å². The number of nitrogens with one attached hydrogen (secondary N) is 3. The number of hydrogen-bond donors (Lipinski definition) is 3. The first-order valence-electron chi connectivity index (χ1n) is 17.3. The van der Waals surface area contributed by atoms with E-state index in [-0.39, 0.29) is 35.4 Å². The SMILES string of the molecule is CNc1cc(N2CC3(CCN(c4cccc5c4n(C)c(=O)n5C4CCC(=O)NC4=O)CC3)c3ccccc32)nn2c(C(=O)NC3CC3)cnc12. The highest BCUT2D eigenvalue weighted by molar-refractivity contribution is 6.00. The van der Waals surface area contributed by atoms with Crippen LogP contribution in [-0.2, 0) is 22.1 Å². The second kappa shape index (κ2) is 11.2. The average molecular weight is 675 g/mol. The molecular weight excluding hydrogens is 636 g/mol. The van der Waals surface area contributed by atoms with Crippen molar-refractivity contribution in [1.29, 1.82) is 0 Å². The Morgan fingerprint density at radius 2 is 1.78 bits per heavy atom. The Kier molecular flexibility index (Phi) is 6.80. The van der Waals surface area contributed by atoms with E-state index in [1.165, 1.54) is 5.56 Å². The van der Waals surface area contributed by atoms with Crippen LogP contribution >= 0.6 is 0 Å². The number of anilines is 4. The number of carbonyl (C=O) groups excluding carboxylic acids is 3. The van der Waals surface area contributed by atoms with Gasteiger partial charge in [-0.05, 0) is 55.9 Å². The number of imide groups is 1. The van der Waals surface area contributed by atoms with Crippen LogP contribution in [0.3, 0.4) is 0 Å². The minimum atomic E-state index is -0.730. The first-order valence-corrected chi connectivity index (χ1v) is 17.3. The molecule has 1 aliphatic carbocycles. The Hall–Kier alpha value is -5.66. The molecule has 14 nitrogen and oxygen atoms in total. The zero-order valence-electron chi connectivity index (χ0n) is 28.0. The number of rotatable bonds is 6. The van der Waals surface area contributed by atoms with E-state index in [9.17, 15) is 19.2 Å². The molecule has 1 saturated carbocycles. The second-order valence-corrected chi connectivity index (χ2v) is 14.0. The maximum Gasteiger partial charge on any atom is 0.329 e. The molecule has 0 bridgehead atoms. The number of para-hydroxylation sites is 2. The summed E-state index contributed by atoms with van der Waals surface area (Å²) in [4.78, 5) is 60.5. The zero-order valence-corrected chi connectivity index (χ0v) is 28.0. The van der Waals surface area contributed by atoms with Gasteiger partial charge in [0, 0.05) is 63.4 Å². The number of aromatic nitrogens is 5. The van der Waals surface area contributed by atoms with Gasteiger partial charge in [0.05, 0.1) is 28.6 Å². The van der Waals surface area contributed by atoms with Crippen molar-refractivity contribution in [3.8, 4) is 0 Å². The molecule has 3 N–H and O–H groups in total. The smallest absolute Gasteiger partial charge is 0.329 e. The number of nitrogens with zero attached hydrogens (tertiary/aromatic N) is 7. The Morgan fingerprint density at radius 3 is 2.54 bits per heavy atom. The number of fused-ring (bicyclic) bond motifs is 4. The molecule has 3 fully saturated rings. The van der Waals surface area contributed by atoms with Gasteiger partial charge in [-0.1, -0.05) is 24.3 Å². The average Bonchev–Trinajstić information content (AvgIpc) is 3.66. The number of benzene rings is 2. The maximum absolute atomic E-state index is 13.6. The van der Waals surface area contributed by atoms with Crippen molar-refractivity contribution in [3.63, 3.8) is 0 Å². The lowest BCUT2D eigenvalue weighted by Crippen LogP contribution is -2.45. The molecule has 0 radical (unpaired) electrons. The fraction of sp³-hybridized carbons (Fsp3) is 0.389. The highest BCUT2D eigenvalue weighted by Gasteiger charge is 2.46. The lowest BCUT2D eigenvalue weighted by atomic mass is 9.74. The molecule has 256 valence electrons. The van der Waals surface area contributed by atoms with Gasteiger partial charge < -0.3 is 20.4 Å². The second-order valence-electron chi connectivity index (χ2n) is 14.0. The Morgan fingerprint density at radius 1 is 1.00 bits per heavy atom. The fourth-order valence-corrected chi connectivity index (χ4v) is 8.25. The minimum absolute atomic E-state index is 0.136. The quantitative estimate of drug-likeness (QED) is 0.231. The molecule has 4 aliphatic rings. The largest absolute Gasteiger partial charge is 0.385 e. The number of imidazole rings is 2. The Balaban J connectivity index is 1.03. The van der Waals surface area contributed by atoms with Gasteiger partial charge in [0.1, 0.15) is 6.04 Å². The van der Waals surface area contributed by atoms with Crippen molar-refractivity contribution in [2.24, 2.45) is 7.05 Å². The van der Waals surface area contributed by atoms with Gasteiger partial charge in [0.2, 0.25) is 11.8 Å². The van der Waals surface area contributed by atoms with Crippen molar-refractivity contribution < 1.29 is 14.4 Å². The van der Waals surface area contributed by atoms with Gasteiger partial charge in [-0.15, -0.1) is 5.10 Å². The van der Waals surface area contributed by atoms with Gasteiger partial charge in [-0.25, -0.2) is 14.3 Å². The molecule has 2 saturated heterocycles. The minimum Gasteiger partial charge on any atom is -0.385 e. The van der Waals surface area contributed by atoms with Crippen molar-refractivity contribution in [2.45, 2.75) is 56.0 Å². The number of amides is 3. The number of aryl methyl sites for hydroxylation is 1. The van der Waals surface area contributed by atoms with Crippen LogP contribution in [0.25, 0.3) is 16.7 Å². The van der Waals surface area contributed by atoms with E-state index in [0.29, 0.717) is 23.3 Å². The summed E-state index contributed by atoms with van der Waals surface area (Å²) >= 11 is 0. The van der Waals surface area contributed by atoms with Gasteiger partial charge in [0.25, 0.3) is 5.91 Å². The third-order valence-electron chi connectivity index (χ3n) is 11.0. The monoisotopic (exact) mass is 674 g/mol. The first kappa shape index (κ1) is 30.4. The van der Waals surface area contributed by atoms with Crippen LogP contribution in [-0.4, -0.2) is 74.2 Å². The van der Waals surface area contributed by atoms with E-state index >= 15 is 0 Å². The van der Waals surface area contributed by atoms with Crippen molar-refractivity contribution in [2.75, 3.05) is 41.8 Å². The Labute approximate surface area is 287 Å². The molecule has 3 aliphatic heterocycles. The van der Waals surface area contributed by atoms with E-state index in [0.717, 1.165) is 73.7 Å². The van der Waals surface area contributed by atoms with Gasteiger partial charge in [-0.2, -0.15) is 0 Å². The molecule has 1 atom stereocenters. The van der Waals surface area contributed by atoms with Crippen LogP contribution in [0.5, 0.6) is 0 Å². The molecule has 3 aromatic heterocycles. The maximum atomic E-state index is 13.6. The summed E-state index contributed by atoms with van der Waals surface area (Å²) in [7, 11) is 3.60. The summed E-state index contributed by atoms with van der Waals surface area (Å²) in [6.45, 7) is 2.26. The zero-order chi connectivity index (χ0) is 34.3. The van der Waals surface area contributed by atoms with Crippen LogP contribution in [0.4, 0.5) is 22.9 Å². The number of carbonyl (C=O) groups is 3. The molecule has 1 unspecified atom stereocenters. The number of piperidine rings is 2. The van der Waals surface area contributed by atoms with Crippen LogP contribution < -0.4 is 31.4 Å². The Bertz CT molecular complexity index is 2290. The molecule has 1 spiro atoms. The lowest BCUT2D eigenvalue weighted by molar-refractivity contribution is -0.135. The van der Waals surface area contributed by atoms with Crippen molar-refractivity contribution in [1.82, 2.24) is 34.4 Å². The predicted molar refractivity (Wildman–Crippen MR) is 188 cm³/mol. The molecule has 50 heavy (non-hydrogen) atoms. The summed E-state index contributed by atoms with van der Waals surface area (Å²) in [6, 6.07) is 15.9. The fourth-order valence-electron chi connectivity index (χ4n) is 8.25. The normalized spacial score (nSPS) is 20.1. The standard InChI is InChI=1S/C36H38N10O4/c1-37-23-18-29(41-46-28(19-38-32(23)46)34(49)39-21-10-11-21)44-20-36(22-6-3-4-7-24(22)44)14-16-43(17-15-36)25-8-5-9-26-31(25)42(2)35(50)45(26)27-12-13-30(47)40-33(27)48/h3-9,18-19,21,27,37H,10-17,20H2,1-2H3,(H,39,49)(H,40,47,48). The molecule has 6 heterocycles. The van der Waals surface area contributed by atoms with E-state index in [2.05, 4.69) is 55.0 Å². The molecule has 5 aromatic rings. The predicted octanol–water partition coefficient (Wildman–Crippen LogP) is 2.98. The highest BCUT2D eigenvalue weighted by Crippen LogP contribution is 2.50. The summed E-state index contributed by atoms with van der Waals surface area (Å²) in [5.41, 5.74) is 6.20. The van der Waals surface area contributed by atoms with Crippen LogP contribution in [0.15, 0.2) is 59.5 Å². The van der Waals surface area contributed by atoms with Crippen molar-refractivity contribution >= 4 is 57.3 Å². The third-order valence-corrected chi connectivity index (χ3v) is 11.0. The molecule has 3 amide bonds. The first-order chi connectivity index (χ1) is 24.3. The van der Waals surface area contributed by atoms with Crippen LogP contribution in [0, 0.1) is 0 Å². The molecule has 2 aromatic carbocycles. The molecule has 14 heteroatoms. The van der Waals surface area contributed by atoms with Gasteiger partial charge >= 0.3 is 5.69 Å². The summed E-state index contributed by atoms with van der Waals surface area (Å²) in [6.07, 6.45) is 5.83. The molecular formula is C36H38N10O4. The van der Waals surface area contributed by atoms with Gasteiger partial charge in [-0.3, -0.25) is 28.8 Å². The van der Waals surface area contributed by atoms with Crippen LogP contribution in [0.2, 0.25) is 0 Å². The van der Waals surface area contributed by atoms with E-state index in [1.54, 1.807) is 26.9 Å². The van der Waals surface area contributed by atoms with E-state index in [1.807, 2.05) is 31.3 Å². The van der Waals surface area contributed by atoms with Crippen molar-refractivity contribution in [3.05, 3.63) is 76.5 Å². The van der Waals surface area contributed by atoms with Crippen LogP contribution in [0.1, 0.15) is 60.6 Å². The lowest BCUT2D eigenvalue weighted by Gasteiger charge is -2.41. The summed E-state index contributed by atoms with van der Waals surface area (Å²) in [5, 5.41) is 13.7. The van der Waals surface area contributed by atoms with E-state index < -0.39 is 11.9 Å². The van der Waals surface area contributed by atoms with E-state index in [4.69, 9.17) is 5.10 Å². The number of hydrogen-bond acceptors (Lipinski definition) is 9. The molecule has 9 rings (SSSR count). The topological polar surface area (TPSA) is 151 Å². The highest BCUT2D eigenvalue weighted by atomic mass is 16.2. The summed E-state index contributed by atoms with van der Waals surface area (Å²) < 4.78 is 4.82. The summed E-state index contributed by atoms with van der Waals surface area (Å²) in [5.74, 6) is -0.179.